The van der Waals surface area contributed by atoms with Gasteiger partial charge in [-0.2, -0.15) is 6.07 Å². The first-order valence-corrected chi connectivity index (χ1v) is 9.14. The average Bonchev–Trinajstić information content (AvgIpc) is 3.06. The van der Waals surface area contributed by atoms with E-state index in [4.69, 9.17) is 0 Å². The van der Waals surface area contributed by atoms with Crippen molar-refractivity contribution in [3.05, 3.63) is 65.7 Å². The summed E-state index contributed by atoms with van der Waals surface area (Å²) in [6, 6.07) is 20.8. The Balaban J connectivity index is 0.00000113. The maximum Gasteiger partial charge on any atom is 3.00 e. The van der Waals surface area contributed by atoms with Gasteiger partial charge >= 0.3 is 26.2 Å². The normalized spacial score (nSPS) is 14.2. The van der Waals surface area contributed by atoms with Gasteiger partial charge in [0.1, 0.15) is 0 Å². The summed E-state index contributed by atoms with van der Waals surface area (Å²) in [5.41, 5.74) is 5.70. The molecule has 1 radical (unpaired) electrons. The molecule has 0 heterocycles. The molecule has 0 aliphatic heterocycles. The zero-order chi connectivity index (χ0) is 15.6. The van der Waals surface area contributed by atoms with Gasteiger partial charge in [-0.1, -0.05) is 62.1 Å². The van der Waals surface area contributed by atoms with Crippen molar-refractivity contribution in [1.29, 1.82) is 0 Å². The van der Waals surface area contributed by atoms with Crippen LogP contribution < -0.4 is 24.8 Å². The Hall–Kier alpha value is -0.487. The molecule has 0 unspecified atom stereocenters. The predicted molar refractivity (Wildman–Crippen MR) is 100 cm³/mol. The number of rotatable bonds is 3. The molecule has 4 rings (SSSR count). The molecule has 3 aromatic carbocycles. The van der Waals surface area contributed by atoms with Crippen LogP contribution in [0.4, 0.5) is 0 Å². The second kappa shape index (κ2) is 10.7. The monoisotopic (exact) mass is 461 g/mol. The van der Waals surface area contributed by atoms with E-state index in [1.807, 2.05) is 0 Å². The van der Waals surface area contributed by atoms with E-state index in [0.717, 1.165) is 12.3 Å². The van der Waals surface area contributed by atoms with Crippen molar-refractivity contribution in [2.75, 3.05) is 0 Å². The number of aryl methyl sites for hydroxylation is 1. The first-order chi connectivity index (χ1) is 11.3. The molecule has 135 valence electrons. The fourth-order valence-corrected chi connectivity index (χ4v) is 4.12. The van der Waals surface area contributed by atoms with Crippen LogP contribution in [0.15, 0.2) is 54.6 Å². The van der Waals surface area contributed by atoms with E-state index >= 15 is 0 Å². The first-order valence-electron chi connectivity index (χ1n) is 9.14. The third kappa shape index (κ3) is 4.86. The van der Waals surface area contributed by atoms with E-state index in [0.29, 0.717) is 0 Å². The summed E-state index contributed by atoms with van der Waals surface area (Å²) in [5.74, 6) is 0.791. The maximum atomic E-state index is 2.37. The van der Waals surface area contributed by atoms with Gasteiger partial charge in [0.2, 0.25) is 0 Å². The molecule has 26 heavy (non-hydrogen) atoms. The van der Waals surface area contributed by atoms with Crippen LogP contribution in [0.1, 0.15) is 56.1 Å². The molecule has 0 amide bonds. The summed E-state index contributed by atoms with van der Waals surface area (Å²) in [7, 11) is 0. The number of fused-ring (bicyclic) bond motifs is 1. The minimum absolute atomic E-state index is 0. The Morgan fingerprint density at radius 1 is 0.923 bits per heavy atom. The smallest absolute Gasteiger partial charge is 1.00 e. The van der Waals surface area contributed by atoms with E-state index in [1.54, 1.807) is 0 Å². The summed E-state index contributed by atoms with van der Waals surface area (Å²) >= 11 is 0. The molecule has 0 spiro atoms. The molecule has 1 aliphatic rings. The van der Waals surface area contributed by atoms with Gasteiger partial charge in [0, 0.05) is 0 Å². The second-order valence-electron chi connectivity index (χ2n) is 6.98. The fourth-order valence-electron chi connectivity index (χ4n) is 4.12. The van der Waals surface area contributed by atoms with Crippen LogP contribution in [0.25, 0.3) is 21.9 Å². The van der Waals surface area contributed by atoms with E-state index in [2.05, 4.69) is 61.5 Å². The summed E-state index contributed by atoms with van der Waals surface area (Å²) < 4.78 is 0. The van der Waals surface area contributed by atoms with Crippen LogP contribution in [0, 0.1) is 0 Å². The van der Waals surface area contributed by atoms with Crippen LogP contribution in [-0.4, -0.2) is 0 Å². The Morgan fingerprint density at radius 3 is 2.27 bits per heavy atom. The largest absolute Gasteiger partial charge is 3.00 e. The van der Waals surface area contributed by atoms with Crippen molar-refractivity contribution in [3.8, 4) is 11.1 Å². The van der Waals surface area contributed by atoms with Crippen molar-refractivity contribution >= 4 is 10.8 Å². The van der Waals surface area contributed by atoms with Gasteiger partial charge in [-0.3, -0.25) is 0 Å². The topological polar surface area (TPSA) is 0 Å². The van der Waals surface area contributed by atoms with Gasteiger partial charge in [0.15, 0.2) is 0 Å². The molecule has 1 saturated carbocycles. The number of hydrogen-bond donors (Lipinski definition) is 0. The number of benzene rings is 2. The number of hydrogen-bond acceptors (Lipinski definition) is 0. The number of halogens is 2. The van der Waals surface area contributed by atoms with Crippen LogP contribution in [-0.2, 0) is 32.6 Å². The molecular formula is C23H25Cl2Zr. The van der Waals surface area contributed by atoms with Crippen LogP contribution in [0.3, 0.4) is 0 Å². The van der Waals surface area contributed by atoms with Gasteiger partial charge in [0.25, 0.3) is 0 Å². The van der Waals surface area contributed by atoms with Gasteiger partial charge in [-0.25, -0.2) is 0 Å². The average molecular weight is 464 g/mol. The molecular weight excluding hydrogens is 438 g/mol. The molecule has 0 bridgehead atoms. The molecule has 1 aliphatic carbocycles. The van der Waals surface area contributed by atoms with E-state index < -0.39 is 0 Å². The Labute approximate surface area is 189 Å². The van der Waals surface area contributed by atoms with Crippen molar-refractivity contribution in [2.24, 2.45) is 0 Å². The molecule has 3 heteroatoms. The van der Waals surface area contributed by atoms with E-state index in [1.165, 1.54) is 65.1 Å². The zero-order valence-electron chi connectivity index (χ0n) is 15.3. The summed E-state index contributed by atoms with van der Waals surface area (Å²) in [6.45, 7) is 2.23. The van der Waals surface area contributed by atoms with Crippen molar-refractivity contribution in [3.63, 3.8) is 0 Å². The van der Waals surface area contributed by atoms with Gasteiger partial charge in [0.05, 0.1) is 0 Å². The van der Waals surface area contributed by atoms with Crippen LogP contribution >= 0.6 is 0 Å². The standard InChI is InChI=1S/C23H25.2ClH.Zr/c1-2-17-15-21-9-6-10-22(23(21)16-17)20-13-11-19(12-14-20)18-7-4-3-5-8-18;;;/h6,9-16,18H,2-5,7-8H2,1H3;2*1H;/q-1;;;+3/p-2. The molecule has 0 aromatic heterocycles. The van der Waals surface area contributed by atoms with Crippen molar-refractivity contribution in [2.45, 2.75) is 51.4 Å². The molecule has 0 nitrogen and oxygen atoms in total. The third-order valence-electron chi connectivity index (χ3n) is 5.52. The zero-order valence-corrected chi connectivity index (χ0v) is 19.2. The molecule has 1 fully saturated rings. The van der Waals surface area contributed by atoms with Crippen LogP contribution in [0.2, 0.25) is 0 Å². The minimum atomic E-state index is 0. The fraction of sp³-hybridized carbons (Fsp3) is 0.348. The Morgan fingerprint density at radius 2 is 1.62 bits per heavy atom. The van der Waals surface area contributed by atoms with Gasteiger partial charge in [-0.05, 0) is 36.3 Å². The molecule has 0 N–H and O–H groups in total. The van der Waals surface area contributed by atoms with E-state index in [-0.39, 0.29) is 51.0 Å². The SMILES string of the molecule is CCc1cc2c(-c3ccc(C4CCCCC4)cc3)cccc2[cH-]1.[Cl-].[Cl-].[Zr+3]. The summed E-state index contributed by atoms with van der Waals surface area (Å²) in [5, 5.41) is 2.77. The molecule has 0 saturated heterocycles. The summed E-state index contributed by atoms with van der Waals surface area (Å²) in [6.07, 6.45) is 8.08. The second-order valence-corrected chi connectivity index (χ2v) is 6.98. The first kappa shape index (κ1) is 23.6. The van der Waals surface area contributed by atoms with Crippen LogP contribution in [0.5, 0.6) is 0 Å². The third-order valence-corrected chi connectivity index (χ3v) is 5.52. The van der Waals surface area contributed by atoms with Gasteiger partial charge in [-0.15, -0.1) is 34.5 Å². The Bertz CT molecular complexity index is 799. The Kier molecular flexibility index (Phi) is 9.73. The predicted octanol–water partition coefficient (Wildman–Crippen LogP) is 0.841. The molecule has 3 aromatic rings. The summed E-state index contributed by atoms with van der Waals surface area (Å²) in [4.78, 5) is 0. The van der Waals surface area contributed by atoms with E-state index in [9.17, 15) is 0 Å². The quantitative estimate of drug-likeness (QED) is 0.505. The maximum absolute atomic E-state index is 2.37. The van der Waals surface area contributed by atoms with Crippen molar-refractivity contribution < 1.29 is 51.0 Å². The minimum Gasteiger partial charge on any atom is -1.00 e. The van der Waals surface area contributed by atoms with Gasteiger partial charge < -0.3 is 24.8 Å². The van der Waals surface area contributed by atoms with Crippen molar-refractivity contribution in [1.82, 2.24) is 0 Å². The molecule has 0 atom stereocenters.